The molecular weight excluding hydrogens is 376 g/mol. The maximum atomic E-state index is 13.3. The van der Waals surface area contributed by atoms with E-state index in [2.05, 4.69) is 5.32 Å². The summed E-state index contributed by atoms with van der Waals surface area (Å²) in [5.74, 6) is 0.655. The highest BCUT2D eigenvalue weighted by Gasteiger charge is 2.31. The molecule has 0 aromatic heterocycles. The molecule has 3 rings (SSSR count). The molecule has 5 nitrogen and oxygen atoms in total. The van der Waals surface area contributed by atoms with Gasteiger partial charge in [0, 0.05) is 25.4 Å². The number of carbonyl (C=O) groups excluding carboxylic acids is 2. The Morgan fingerprint density at radius 1 is 1.07 bits per heavy atom. The Morgan fingerprint density at radius 3 is 2.43 bits per heavy atom. The second kappa shape index (κ2) is 10.8. The number of ether oxygens (including phenoxy) is 1. The Hall–Kier alpha value is -2.82. The summed E-state index contributed by atoms with van der Waals surface area (Å²) in [6.45, 7) is 2.22. The van der Waals surface area contributed by atoms with Gasteiger partial charge in [-0.05, 0) is 36.1 Å². The second-order valence-electron chi connectivity index (χ2n) is 7.92. The smallest absolute Gasteiger partial charge is 0.243 e. The van der Waals surface area contributed by atoms with E-state index in [9.17, 15) is 9.59 Å². The molecule has 5 heteroatoms. The zero-order valence-electron chi connectivity index (χ0n) is 18.0. The van der Waals surface area contributed by atoms with Crippen molar-refractivity contribution in [1.82, 2.24) is 10.2 Å². The van der Waals surface area contributed by atoms with E-state index < -0.39 is 6.04 Å². The first-order valence-electron chi connectivity index (χ1n) is 10.9. The zero-order valence-corrected chi connectivity index (χ0v) is 18.0. The molecule has 2 amide bonds. The minimum absolute atomic E-state index is 0.0275. The number of amides is 2. The number of nitrogens with zero attached hydrogens (tertiary/aromatic N) is 1. The van der Waals surface area contributed by atoms with E-state index in [0.717, 1.165) is 42.6 Å². The molecule has 0 aliphatic heterocycles. The van der Waals surface area contributed by atoms with E-state index >= 15 is 0 Å². The van der Waals surface area contributed by atoms with E-state index in [0.29, 0.717) is 19.4 Å². The van der Waals surface area contributed by atoms with Crippen molar-refractivity contribution in [3.63, 3.8) is 0 Å². The minimum Gasteiger partial charge on any atom is -0.497 e. The maximum absolute atomic E-state index is 13.3. The summed E-state index contributed by atoms with van der Waals surface area (Å²) in [7, 11) is 1.63. The van der Waals surface area contributed by atoms with Gasteiger partial charge in [-0.15, -0.1) is 0 Å². The highest BCUT2D eigenvalue weighted by atomic mass is 16.5. The van der Waals surface area contributed by atoms with Gasteiger partial charge in [-0.2, -0.15) is 0 Å². The average molecular weight is 409 g/mol. The van der Waals surface area contributed by atoms with Crippen molar-refractivity contribution in [2.45, 2.75) is 64.1 Å². The van der Waals surface area contributed by atoms with Gasteiger partial charge in [0.1, 0.15) is 11.8 Å². The molecule has 1 N–H and O–H groups in total. The molecule has 0 radical (unpaired) electrons. The highest BCUT2D eigenvalue weighted by molar-refractivity contribution is 5.88. The van der Waals surface area contributed by atoms with Crippen LogP contribution in [-0.2, 0) is 22.6 Å². The number of rotatable bonds is 9. The van der Waals surface area contributed by atoms with Crippen LogP contribution < -0.4 is 10.1 Å². The van der Waals surface area contributed by atoms with E-state index in [1.807, 2.05) is 61.5 Å². The lowest BCUT2D eigenvalue weighted by Gasteiger charge is -2.32. The third kappa shape index (κ3) is 5.85. The topological polar surface area (TPSA) is 58.6 Å². The van der Waals surface area contributed by atoms with Gasteiger partial charge in [0.25, 0.3) is 0 Å². The average Bonchev–Trinajstić information content (AvgIpc) is 3.29. The summed E-state index contributed by atoms with van der Waals surface area (Å²) in [6, 6.07) is 17.3. The first kappa shape index (κ1) is 21.9. The molecule has 1 atom stereocenters. The van der Waals surface area contributed by atoms with Gasteiger partial charge in [0.15, 0.2) is 0 Å². The Balaban J connectivity index is 1.87. The molecule has 30 heavy (non-hydrogen) atoms. The first-order chi connectivity index (χ1) is 14.6. The molecule has 0 bridgehead atoms. The molecule has 1 fully saturated rings. The van der Waals surface area contributed by atoms with Crippen LogP contribution >= 0.6 is 0 Å². The molecule has 1 aliphatic carbocycles. The van der Waals surface area contributed by atoms with Gasteiger partial charge in [0.2, 0.25) is 11.8 Å². The lowest BCUT2D eigenvalue weighted by molar-refractivity contribution is -0.141. The predicted octanol–water partition coefficient (Wildman–Crippen LogP) is 4.10. The number of hydrogen-bond acceptors (Lipinski definition) is 3. The molecule has 1 unspecified atom stereocenters. The third-order valence-electron chi connectivity index (χ3n) is 5.76. The second-order valence-corrected chi connectivity index (χ2v) is 7.92. The predicted molar refractivity (Wildman–Crippen MR) is 118 cm³/mol. The Kier molecular flexibility index (Phi) is 7.89. The van der Waals surface area contributed by atoms with Crippen molar-refractivity contribution in [1.29, 1.82) is 0 Å². The van der Waals surface area contributed by atoms with Crippen LogP contribution in [0.5, 0.6) is 5.75 Å². The monoisotopic (exact) mass is 408 g/mol. The summed E-state index contributed by atoms with van der Waals surface area (Å²) in [5.41, 5.74) is 1.99. The van der Waals surface area contributed by atoms with Gasteiger partial charge < -0.3 is 15.0 Å². The zero-order chi connectivity index (χ0) is 21.3. The summed E-state index contributed by atoms with van der Waals surface area (Å²) < 4.78 is 5.33. The van der Waals surface area contributed by atoms with Crippen molar-refractivity contribution < 1.29 is 14.3 Å². The van der Waals surface area contributed by atoms with Crippen molar-refractivity contribution in [3.05, 3.63) is 65.7 Å². The molecule has 160 valence electrons. The van der Waals surface area contributed by atoms with Crippen LogP contribution in [-0.4, -0.2) is 35.9 Å². The van der Waals surface area contributed by atoms with E-state index in [1.54, 1.807) is 12.0 Å². The van der Waals surface area contributed by atoms with Crippen LogP contribution in [0.2, 0.25) is 0 Å². The molecule has 1 aliphatic rings. The molecule has 2 aromatic carbocycles. The van der Waals surface area contributed by atoms with Crippen LogP contribution in [0.1, 0.15) is 50.2 Å². The number of methoxy groups -OCH3 is 1. The van der Waals surface area contributed by atoms with Gasteiger partial charge >= 0.3 is 0 Å². The fourth-order valence-electron chi connectivity index (χ4n) is 4.09. The van der Waals surface area contributed by atoms with Crippen molar-refractivity contribution in [2.75, 3.05) is 7.11 Å². The largest absolute Gasteiger partial charge is 0.497 e. The van der Waals surface area contributed by atoms with Crippen molar-refractivity contribution in [2.24, 2.45) is 0 Å². The lowest BCUT2D eigenvalue weighted by Crippen LogP contribution is -2.52. The van der Waals surface area contributed by atoms with Gasteiger partial charge in [0.05, 0.1) is 7.11 Å². The number of carbonyl (C=O) groups is 2. The van der Waals surface area contributed by atoms with Gasteiger partial charge in [-0.25, -0.2) is 0 Å². The van der Waals surface area contributed by atoms with Crippen LogP contribution in [0, 0.1) is 0 Å². The van der Waals surface area contributed by atoms with E-state index in [4.69, 9.17) is 4.74 Å². The van der Waals surface area contributed by atoms with Crippen LogP contribution in [0.25, 0.3) is 0 Å². The van der Waals surface area contributed by atoms with Crippen LogP contribution in [0.4, 0.5) is 0 Å². The third-order valence-corrected chi connectivity index (χ3v) is 5.76. The van der Waals surface area contributed by atoms with Gasteiger partial charge in [-0.3, -0.25) is 9.59 Å². The molecule has 0 heterocycles. The van der Waals surface area contributed by atoms with E-state index in [1.165, 1.54) is 0 Å². The highest BCUT2D eigenvalue weighted by Crippen LogP contribution is 2.21. The fourth-order valence-corrected chi connectivity index (χ4v) is 4.09. The van der Waals surface area contributed by atoms with Crippen LogP contribution in [0.3, 0.4) is 0 Å². The van der Waals surface area contributed by atoms with Crippen molar-refractivity contribution >= 4 is 11.8 Å². The van der Waals surface area contributed by atoms with Gasteiger partial charge in [-0.1, -0.05) is 62.2 Å². The normalized spacial score (nSPS) is 14.9. The first-order valence-corrected chi connectivity index (χ1v) is 10.9. The summed E-state index contributed by atoms with van der Waals surface area (Å²) in [6.07, 6.45) is 5.18. The van der Waals surface area contributed by atoms with E-state index in [-0.39, 0.29) is 17.9 Å². The molecule has 2 aromatic rings. The Bertz CT molecular complexity index is 831. The maximum Gasteiger partial charge on any atom is 0.243 e. The number of benzene rings is 2. The standard InChI is InChI=1S/C25H32N2O3/c1-3-24(28)27(18-20-12-9-15-22(16-20)30-2)23(17-19-10-5-4-6-11-19)25(29)26-21-13-7-8-14-21/h4-6,9-12,15-16,21,23H,3,7-8,13-14,17-18H2,1-2H3,(H,26,29). The summed E-state index contributed by atoms with van der Waals surface area (Å²) in [5, 5.41) is 3.21. The number of nitrogens with one attached hydrogen (secondary N) is 1. The lowest BCUT2D eigenvalue weighted by atomic mass is 10.0. The molecule has 0 spiro atoms. The molecule has 0 saturated heterocycles. The SMILES string of the molecule is CCC(=O)N(Cc1cccc(OC)c1)C(Cc1ccccc1)C(=O)NC1CCCC1. The summed E-state index contributed by atoms with van der Waals surface area (Å²) >= 11 is 0. The molecule has 1 saturated carbocycles. The quantitative estimate of drug-likeness (QED) is 0.679. The minimum atomic E-state index is -0.549. The number of hydrogen-bond donors (Lipinski definition) is 1. The Morgan fingerprint density at radius 2 is 1.77 bits per heavy atom. The van der Waals surface area contributed by atoms with Crippen molar-refractivity contribution in [3.8, 4) is 5.75 Å². The van der Waals surface area contributed by atoms with Crippen LogP contribution in [0.15, 0.2) is 54.6 Å². The fraction of sp³-hybridized carbons (Fsp3) is 0.440. The Labute approximate surface area is 179 Å². The summed E-state index contributed by atoms with van der Waals surface area (Å²) in [4.78, 5) is 28.0. The molecular formula is C25H32N2O3.